The summed E-state index contributed by atoms with van der Waals surface area (Å²) in [6.07, 6.45) is 0. The van der Waals surface area contributed by atoms with Crippen molar-refractivity contribution >= 4 is 35.1 Å². The highest BCUT2D eigenvalue weighted by atomic mass is 32.2. The number of thioether (sulfide) groups is 1. The van der Waals surface area contributed by atoms with E-state index >= 15 is 0 Å². The van der Waals surface area contributed by atoms with Crippen molar-refractivity contribution in [2.24, 2.45) is 0 Å². The number of amides is 1. The number of anilines is 1. The SMILES string of the molecule is O=C(O)COc1ccc(C2C(SCC(=O)c3ccc4c(c3)OCO4)C(=O)N2c2ccc(F)cc2)cc1. The summed E-state index contributed by atoms with van der Waals surface area (Å²) in [5.41, 5.74) is 1.77. The van der Waals surface area contributed by atoms with Crippen LogP contribution in [0.2, 0.25) is 0 Å². The second kappa shape index (κ2) is 9.90. The average Bonchev–Trinajstić information content (AvgIpc) is 3.35. The van der Waals surface area contributed by atoms with Gasteiger partial charge in [0.05, 0.1) is 11.8 Å². The average molecular weight is 510 g/mol. The number of hydrogen-bond donors (Lipinski definition) is 1. The Morgan fingerprint density at radius 3 is 2.47 bits per heavy atom. The maximum Gasteiger partial charge on any atom is 0.341 e. The van der Waals surface area contributed by atoms with Gasteiger partial charge in [-0.15, -0.1) is 11.8 Å². The first-order valence-electron chi connectivity index (χ1n) is 11.0. The summed E-state index contributed by atoms with van der Waals surface area (Å²) in [4.78, 5) is 38.3. The molecule has 184 valence electrons. The van der Waals surface area contributed by atoms with Crippen molar-refractivity contribution in [3.8, 4) is 17.2 Å². The number of halogens is 1. The fourth-order valence-corrected chi connectivity index (χ4v) is 5.28. The Morgan fingerprint density at radius 2 is 1.75 bits per heavy atom. The summed E-state index contributed by atoms with van der Waals surface area (Å²) in [5.74, 6) is -0.302. The molecule has 8 nitrogen and oxygen atoms in total. The van der Waals surface area contributed by atoms with Crippen molar-refractivity contribution in [1.82, 2.24) is 0 Å². The van der Waals surface area contributed by atoms with Crippen molar-refractivity contribution in [2.75, 3.05) is 24.1 Å². The highest BCUT2D eigenvalue weighted by Crippen LogP contribution is 2.45. The standard InChI is InChI=1S/C26H20FNO7S/c27-17-4-6-18(7-5-17)28-24(15-1-8-19(9-2-15)33-12-23(30)31)25(26(28)32)36-13-20(29)16-3-10-21-22(11-16)35-14-34-21/h1-11,24-25H,12-14H2,(H,30,31). The van der Waals surface area contributed by atoms with Gasteiger partial charge >= 0.3 is 5.97 Å². The number of β-lactam (4-membered cyclic amide) rings is 1. The van der Waals surface area contributed by atoms with Crippen LogP contribution < -0.4 is 19.1 Å². The van der Waals surface area contributed by atoms with Crippen molar-refractivity contribution in [3.05, 3.63) is 83.7 Å². The minimum absolute atomic E-state index is 0.0730. The van der Waals surface area contributed by atoms with Crippen LogP contribution in [0.5, 0.6) is 17.2 Å². The van der Waals surface area contributed by atoms with Crippen LogP contribution in [-0.4, -0.2) is 47.2 Å². The molecule has 2 aliphatic heterocycles. The van der Waals surface area contributed by atoms with Crippen LogP contribution in [0.15, 0.2) is 66.7 Å². The molecule has 0 bridgehead atoms. The van der Waals surface area contributed by atoms with Crippen LogP contribution in [0.4, 0.5) is 10.1 Å². The number of ketones is 1. The minimum Gasteiger partial charge on any atom is -0.482 e. The molecule has 2 heterocycles. The highest BCUT2D eigenvalue weighted by Gasteiger charge is 2.49. The van der Waals surface area contributed by atoms with Gasteiger partial charge in [0.1, 0.15) is 16.8 Å². The van der Waals surface area contributed by atoms with Gasteiger partial charge in [-0.25, -0.2) is 9.18 Å². The summed E-state index contributed by atoms with van der Waals surface area (Å²) in [7, 11) is 0. The zero-order valence-electron chi connectivity index (χ0n) is 18.8. The topological polar surface area (TPSA) is 102 Å². The highest BCUT2D eigenvalue weighted by molar-refractivity contribution is 8.01. The number of carbonyl (C=O) groups is 3. The molecule has 1 amide bonds. The van der Waals surface area contributed by atoms with Crippen LogP contribution in [0.1, 0.15) is 22.0 Å². The largest absolute Gasteiger partial charge is 0.482 e. The Morgan fingerprint density at radius 1 is 1.03 bits per heavy atom. The van der Waals surface area contributed by atoms with Crippen LogP contribution in [-0.2, 0) is 9.59 Å². The maximum absolute atomic E-state index is 13.5. The van der Waals surface area contributed by atoms with Gasteiger partial charge < -0.3 is 24.2 Å². The summed E-state index contributed by atoms with van der Waals surface area (Å²) < 4.78 is 29.3. The zero-order chi connectivity index (χ0) is 25.2. The van der Waals surface area contributed by atoms with Crippen LogP contribution in [0, 0.1) is 5.82 Å². The zero-order valence-corrected chi connectivity index (χ0v) is 19.6. The molecule has 5 rings (SSSR count). The molecule has 0 aliphatic carbocycles. The summed E-state index contributed by atoms with van der Waals surface area (Å²) in [6.45, 7) is -0.358. The van der Waals surface area contributed by atoms with Crippen molar-refractivity contribution in [3.63, 3.8) is 0 Å². The first-order valence-corrected chi connectivity index (χ1v) is 12.0. The Bertz CT molecular complexity index is 1310. The van der Waals surface area contributed by atoms with E-state index in [-0.39, 0.29) is 24.2 Å². The molecule has 1 N–H and O–H groups in total. The van der Waals surface area contributed by atoms with Gasteiger partial charge in [-0.05, 0) is 60.2 Å². The number of hydrogen-bond acceptors (Lipinski definition) is 7. The summed E-state index contributed by atoms with van der Waals surface area (Å²) in [6, 6.07) is 16.9. The van der Waals surface area contributed by atoms with Gasteiger partial charge in [0.25, 0.3) is 0 Å². The molecule has 36 heavy (non-hydrogen) atoms. The van der Waals surface area contributed by atoms with Gasteiger partial charge in [-0.1, -0.05) is 12.1 Å². The van der Waals surface area contributed by atoms with Crippen LogP contribution in [0.25, 0.3) is 0 Å². The third kappa shape index (κ3) is 4.72. The Kier molecular flexibility index (Phi) is 6.51. The van der Waals surface area contributed by atoms with E-state index in [4.69, 9.17) is 19.3 Å². The number of fused-ring (bicyclic) bond motifs is 1. The van der Waals surface area contributed by atoms with E-state index in [1.165, 1.54) is 36.0 Å². The van der Waals surface area contributed by atoms with E-state index in [9.17, 15) is 18.8 Å². The molecule has 2 atom stereocenters. The molecule has 3 aromatic carbocycles. The quantitative estimate of drug-likeness (QED) is 0.340. The van der Waals surface area contributed by atoms with Crippen LogP contribution >= 0.6 is 11.8 Å². The summed E-state index contributed by atoms with van der Waals surface area (Å²) >= 11 is 1.23. The van der Waals surface area contributed by atoms with Gasteiger partial charge in [-0.3, -0.25) is 9.59 Å². The maximum atomic E-state index is 13.5. The van der Waals surface area contributed by atoms with E-state index in [1.807, 2.05) is 0 Å². The van der Waals surface area contributed by atoms with E-state index in [0.717, 1.165) is 5.56 Å². The molecule has 2 aliphatic rings. The van der Waals surface area contributed by atoms with E-state index in [0.29, 0.717) is 28.5 Å². The molecule has 10 heteroatoms. The molecular formula is C26H20FNO7S. The fourth-order valence-electron chi connectivity index (χ4n) is 4.06. The number of nitrogens with zero attached hydrogens (tertiary/aromatic N) is 1. The second-order valence-corrected chi connectivity index (χ2v) is 9.23. The molecule has 0 aromatic heterocycles. The van der Waals surface area contributed by atoms with Gasteiger partial charge in [0, 0.05) is 11.3 Å². The molecule has 0 spiro atoms. The Hall–Kier alpha value is -4.05. The number of rotatable bonds is 9. The third-order valence-corrected chi connectivity index (χ3v) is 7.07. The molecule has 0 radical (unpaired) electrons. The molecular weight excluding hydrogens is 489 g/mol. The third-order valence-electron chi connectivity index (χ3n) is 5.82. The summed E-state index contributed by atoms with van der Waals surface area (Å²) in [5, 5.41) is 8.26. The molecule has 1 saturated heterocycles. The number of carboxylic acid groups (broad SMARTS) is 1. The number of benzene rings is 3. The molecule has 2 unspecified atom stereocenters. The van der Waals surface area contributed by atoms with E-state index in [2.05, 4.69) is 0 Å². The van der Waals surface area contributed by atoms with E-state index < -0.39 is 29.7 Å². The van der Waals surface area contributed by atoms with Crippen LogP contribution in [0.3, 0.4) is 0 Å². The minimum atomic E-state index is -1.09. The molecule has 0 saturated carbocycles. The Balaban J connectivity index is 1.34. The van der Waals surface area contributed by atoms with Gasteiger partial charge in [-0.2, -0.15) is 0 Å². The lowest BCUT2D eigenvalue weighted by Crippen LogP contribution is -2.57. The normalized spacial score (nSPS) is 18.0. The fraction of sp³-hybridized carbons (Fsp3) is 0.192. The lowest BCUT2D eigenvalue weighted by molar-refractivity contribution is -0.139. The molecule has 3 aromatic rings. The monoisotopic (exact) mass is 509 g/mol. The number of carboxylic acids is 1. The lowest BCUT2D eigenvalue weighted by Gasteiger charge is -2.47. The van der Waals surface area contributed by atoms with Crippen molar-refractivity contribution in [1.29, 1.82) is 0 Å². The lowest BCUT2D eigenvalue weighted by atomic mass is 9.92. The number of Topliss-reactive ketones (excluding diaryl/α,β-unsaturated/α-hetero) is 1. The predicted octanol–water partition coefficient (Wildman–Crippen LogP) is 4.09. The Labute approximate surface area is 209 Å². The van der Waals surface area contributed by atoms with E-state index in [1.54, 1.807) is 47.4 Å². The number of carbonyl (C=O) groups excluding carboxylic acids is 2. The number of aliphatic carboxylic acids is 1. The first-order chi connectivity index (χ1) is 17.4. The predicted molar refractivity (Wildman–Crippen MR) is 129 cm³/mol. The number of ether oxygens (including phenoxy) is 3. The van der Waals surface area contributed by atoms with Gasteiger partial charge in [0.15, 0.2) is 23.9 Å². The van der Waals surface area contributed by atoms with Crippen molar-refractivity contribution in [2.45, 2.75) is 11.3 Å². The molecule has 1 fully saturated rings. The first kappa shape index (κ1) is 23.7. The second-order valence-electron chi connectivity index (χ2n) is 8.10. The van der Waals surface area contributed by atoms with Crippen molar-refractivity contribution < 1.29 is 38.1 Å². The van der Waals surface area contributed by atoms with Gasteiger partial charge in [0.2, 0.25) is 12.7 Å². The smallest absolute Gasteiger partial charge is 0.341 e.